The van der Waals surface area contributed by atoms with E-state index in [4.69, 9.17) is 4.74 Å². The summed E-state index contributed by atoms with van der Waals surface area (Å²) in [5.41, 5.74) is 1.91. The predicted octanol–water partition coefficient (Wildman–Crippen LogP) is 3.79. The van der Waals surface area contributed by atoms with Gasteiger partial charge in [-0.1, -0.05) is 6.07 Å². The summed E-state index contributed by atoms with van der Waals surface area (Å²) < 4.78 is 8.70. The number of aryl methyl sites for hydroxylation is 1. The lowest BCUT2D eigenvalue weighted by atomic mass is 9.60. The van der Waals surface area contributed by atoms with Crippen LogP contribution in [-0.4, -0.2) is 56.4 Å². The number of ether oxygens (including phenoxy) is 1. The van der Waals surface area contributed by atoms with Gasteiger partial charge in [0.05, 0.1) is 29.2 Å². The molecule has 1 aromatic heterocycles. The molecule has 3 aliphatic rings. The second kappa shape index (κ2) is 8.78. The number of imidazole rings is 1. The molecule has 1 aliphatic heterocycles. The first-order valence-corrected chi connectivity index (χ1v) is 13.0. The molecule has 0 radical (unpaired) electrons. The van der Waals surface area contributed by atoms with Crippen molar-refractivity contribution in [3.8, 4) is 0 Å². The number of fused-ring (bicyclic) bond motifs is 1. The van der Waals surface area contributed by atoms with Crippen molar-refractivity contribution in [1.29, 1.82) is 0 Å². The third-order valence-electron chi connectivity index (χ3n) is 8.05. The van der Waals surface area contributed by atoms with Gasteiger partial charge in [-0.15, -0.1) is 0 Å². The molecular formula is C27H36N4O5. The first-order valence-electron chi connectivity index (χ1n) is 13.0. The summed E-state index contributed by atoms with van der Waals surface area (Å²) in [6.07, 6.45) is 4.34. The van der Waals surface area contributed by atoms with Crippen LogP contribution in [-0.2, 0) is 21.4 Å². The SMILES string of the molecule is Cn1c(=O)n(C2CCC(=O)CC2=O)c2cccc(NC3CC4(CCN(C(=O)OC(C)(C)C)CC4)C3)c21. The van der Waals surface area contributed by atoms with Crippen LogP contribution < -0.4 is 11.0 Å². The van der Waals surface area contributed by atoms with Crippen LogP contribution in [0.3, 0.4) is 0 Å². The zero-order chi connectivity index (χ0) is 25.8. The minimum atomic E-state index is -0.587. The van der Waals surface area contributed by atoms with Crippen molar-refractivity contribution in [2.45, 2.75) is 83.4 Å². The monoisotopic (exact) mass is 496 g/mol. The number of amides is 1. The van der Waals surface area contributed by atoms with Gasteiger partial charge in [0.15, 0.2) is 5.78 Å². The summed E-state index contributed by atoms with van der Waals surface area (Å²) in [5.74, 6) is -0.236. The zero-order valence-corrected chi connectivity index (χ0v) is 21.6. The average molecular weight is 497 g/mol. The van der Waals surface area contributed by atoms with Crippen LogP contribution in [0, 0.1) is 5.41 Å². The molecular weight excluding hydrogens is 460 g/mol. The van der Waals surface area contributed by atoms with Gasteiger partial charge in [-0.05, 0) is 70.4 Å². The van der Waals surface area contributed by atoms with Crippen LogP contribution in [0.4, 0.5) is 10.5 Å². The van der Waals surface area contributed by atoms with Crippen LogP contribution in [0.15, 0.2) is 23.0 Å². The van der Waals surface area contributed by atoms with E-state index >= 15 is 0 Å². The Hall–Kier alpha value is -3.10. The molecule has 2 aliphatic carbocycles. The number of hydrogen-bond donors (Lipinski definition) is 1. The van der Waals surface area contributed by atoms with E-state index in [0.29, 0.717) is 25.9 Å². The molecule has 1 atom stereocenters. The van der Waals surface area contributed by atoms with Crippen molar-refractivity contribution >= 4 is 34.4 Å². The van der Waals surface area contributed by atoms with Crippen molar-refractivity contribution in [3.63, 3.8) is 0 Å². The Morgan fingerprint density at radius 1 is 1.11 bits per heavy atom. The summed E-state index contributed by atoms with van der Waals surface area (Å²) >= 11 is 0. The Kier molecular flexibility index (Phi) is 6.00. The highest BCUT2D eigenvalue weighted by molar-refractivity contribution is 6.04. The quantitative estimate of drug-likeness (QED) is 0.649. The van der Waals surface area contributed by atoms with Gasteiger partial charge >= 0.3 is 11.8 Å². The molecule has 1 spiro atoms. The summed E-state index contributed by atoms with van der Waals surface area (Å²) in [4.78, 5) is 51.7. The lowest BCUT2D eigenvalue weighted by molar-refractivity contribution is -0.132. The molecule has 2 aromatic rings. The number of likely N-dealkylation sites (tertiary alicyclic amines) is 1. The number of anilines is 1. The fraction of sp³-hybridized carbons (Fsp3) is 0.630. The molecule has 2 saturated carbocycles. The molecule has 3 fully saturated rings. The summed E-state index contributed by atoms with van der Waals surface area (Å²) in [5, 5.41) is 3.64. The number of aromatic nitrogens is 2. The Balaban J connectivity index is 1.27. The number of carbonyl (C=O) groups excluding carboxylic acids is 3. The minimum Gasteiger partial charge on any atom is -0.444 e. The average Bonchev–Trinajstić information content (AvgIpc) is 3.03. The minimum absolute atomic E-state index is 0.0530. The topological polar surface area (TPSA) is 103 Å². The van der Waals surface area contributed by atoms with E-state index in [2.05, 4.69) is 5.32 Å². The van der Waals surface area contributed by atoms with Crippen molar-refractivity contribution in [2.75, 3.05) is 18.4 Å². The maximum atomic E-state index is 13.2. The van der Waals surface area contributed by atoms with Crippen LogP contribution in [0.2, 0.25) is 0 Å². The van der Waals surface area contributed by atoms with Crippen molar-refractivity contribution in [1.82, 2.24) is 14.0 Å². The number of nitrogens with zero attached hydrogens (tertiary/aromatic N) is 3. The lowest BCUT2D eigenvalue weighted by Crippen LogP contribution is -2.53. The Morgan fingerprint density at radius 3 is 2.44 bits per heavy atom. The third-order valence-corrected chi connectivity index (χ3v) is 8.05. The summed E-state index contributed by atoms with van der Waals surface area (Å²) in [7, 11) is 1.74. The Bertz CT molecular complexity index is 1270. The van der Waals surface area contributed by atoms with Gasteiger partial charge < -0.3 is 15.0 Å². The van der Waals surface area contributed by atoms with Gasteiger partial charge in [-0.2, -0.15) is 0 Å². The molecule has 2 heterocycles. The van der Waals surface area contributed by atoms with Gasteiger partial charge in [-0.25, -0.2) is 9.59 Å². The second-order valence-corrected chi connectivity index (χ2v) is 11.8. The highest BCUT2D eigenvalue weighted by Gasteiger charge is 2.47. The van der Waals surface area contributed by atoms with Gasteiger partial charge in [-0.3, -0.25) is 18.7 Å². The van der Waals surface area contributed by atoms with Crippen molar-refractivity contribution < 1.29 is 19.1 Å². The normalized spacial score (nSPS) is 22.7. The van der Waals surface area contributed by atoms with Gasteiger partial charge in [0, 0.05) is 32.6 Å². The number of hydrogen-bond acceptors (Lipinski definition) is 6. The Labute approximate surface area is 210 Å². The van der Waals surface area contributed by atoms with Crippen LogP contribution in [0.25, 0.3) is 11.0 Å². The predicted molar refractivity (Wildman–Crippen MR) is 136 cm³/mol. The fourth-order valence-corrected chi connectivity index (χ4v) is 6.19. The number of piperidine rings is 1. The second-order valence-electron chi connectivity index (χ2n) is 11.8. The van der Waals surface area contributed by atoms with Gasteiger partial charge in [0.1, 0.15) is 11.4 Å². The van der Waals surface area contributed by atoms with E-state index in [0.717, 1.165) is 42.4 Å². The molecule has 1 aromatic carbocycles. The van der Waals surface area contributed by atoms with E-state index in [1.807, 2.05) is 43.9 Å². The van der Waals surface area contributed by atoms with Gasteiger partial charge in [0.25, 0.3) is 0 Å². The zero-order valence-electron chi connectivity index (χ0n) is 21.6. The first-order chi connectivity index (χ1) is 17.0. The number of para-hydroxylation sites is 1. The van der Waals surface area contributed by atoms with E-state index < -0.39 is 11.6 Å². The summed E-state index contributed by atoms with van der Waals surface area (Å²) in [6.45, 7) is 7.09. The highest BCUT2D eigenvalue weighted by atomic mass is 16.6. The Morgan fingerprint density at radius 2 is 1.81 bits per heavy atom. The molecule has 9 nitrogen and oxygen atoms in total. The molecule has 194 valence electrons. The summed E-state index contributed by atoms with van der Waals surface area (Å²) in [6, 6.07) is 5.47. The maximum Gasteiger partial charge on any atom is 0.410 e. The highest BCUT2D eigenvalue weighted by Crippen LogP contribution is 2.50. The molecule has 1 unspecified atom stereocenters. The van der Waals surface area contributed by atoms with Gasteiger partial charge in [0.2, 0.25) is 0 Å². The molecule has 5 rings (SSSR count). The lowest BCUT2D eigenvalue weighted by Gasteiger charge is -2.52. The number of nitrogens with one attached hydrogen (secondary N) is 1. The van der Waals surface area contributed by atoms with Crippen LogP contribution >= 0.6 is 0 Å². The maximum absolute atomic E-state index is 13.2. The molecule has 9 heteroatoms. The van der Waals surface area contributed by atoms with E-state index in [9.17, 15) is 19.2 Å². The van der Waals surface area contributed by atoms with Crippen molar-refractivity contribution in [3.05, 3.63) is 28.7 Å². The van der Waals surface area contributed by atoms with Crippen LogP contribution in [0.5, 0.6) is 0 Å². The molecule has 36 heavy (non-hydrogen) atoms. The standard InChI is InChI=1S/C27H36N4O5/c1-26(2,3)36-25(35)30-12-10-27(11-13-30)15-17(16-27)28-19-6-5-7-21-23(19)29(4)24(34)31(21)20-9-8-18(32)14-22(20)33/h5-7,17,20,28H,8-16H2,1-4H3. The number of ketones is 2. The van der Waals surface area contributed by atoms with E-state index in [1.165, 1.54) is 0 Å². The number of Topliss-reactive ketones (excluding diaryl/α,β-unsaturated/α-hetero) is 2. The molecule has 0 bridgehead atoms. The number of benzene rings is 1. The van der Waals surface area contributed by atoms with Crippen molar-refractivity contribution in [2.24, 2.45) is 12.5 Å². The number of rotatable bonds is 3. The molecule has 1 N–H and O–H groups in total. The first kappa shape index (κ1) is 24.6. The van der Waals surface area contributed by atoms with Crippen LogP contribution in [0.1, 0.15) is 71.8 Å². The van der Waals surface area contributed by atoms with E-state index in [1.54, 1.807) is 16.2 Å². The third kappa shape index (κ3) is 4.44. The smallest absolute Gasteiger partial charge is 0.410 e. The van der Waals surface area contributed by atoms with E-state index in [-0.39, 0.29) is 41.2 Å². The largest absolute Gasteiger partial charge is 0.444 e. The molecule has 1 saturated heterocycles. The fourth-order valence-electron chi connectivity index (χ4n) is 6.19. The number of carbonyl (C=O) groups is 3. The molecule has 1 amide bonds.